The van der Waals surface area contributed by atoms with Crippen molar-refractivity contribution in [1.82, 2.24) is 0 Å². The molecule has 2 rings (SSSR count). The summed E-state index contributed by atoms with van der Waals surface area (Å²) in [6.45, 7) is 0.301. The molecule has 0 radical (unpaired) electrons. The van der Waals surface area contributed by atoms with E-state index in [-0.39, 0.29) is 0 Å². The molecule has 110 valence electrons. The van der Waals surface area contributed by atoms with E-state index in [0.29, 0.717) is 28.1 Å². The van der Waals surface area contributed by atoms with Crippen molar-refractivity contribution >= 4 is 44.7 Å². The zero-order chi connectivity index (χ0) is 15.4. The van der Waals surface area contributed by atoms with Crippen molar-refractivity contribution < 1.29 is 9.47 Å². The number of benzene rings is 2. The van der Waals surface area contributed by atoms with Gasteiger partial charge in [0.1, 0.15) is 23.1 Å². The summed E-state index contributed by atoms with van der Waals surface area (Å²) in [7, 11) is 1.60. The standard InChI is InChI=1S/C15H13BrClNO2S/c1-19-13-5-2-9(15(18)21)6-10(13)8-20-14-7-11(16)3-4-12(14)17/h2-7H,8H2,1H3,(H2,18,21). The number of nitrogens with two attached hydrogens (primary N) is 1. The maximum Gasteiger partial charge on any atom is 0.139 e. The number of hydrogen-bond acceptors (Lipinski definition) is 3. The molecule has 6 heteroatoms. The highest BCUT2D eigenvalue weighted by molar-refractivity contribution is 9.10. The normalized spacial score (nSPS) is 10.2. The lowest BCUT2D eigenvalue weighted by atomic mass is 10.1. The molecule has 0 atom stereocenters. The molecular weight excluding hydrogens is 374 g/mol. The van der Waals surface area contributed by atoms with E-state index in [9.17, 15) is 0 Å². The minimum atomic E-state index is 0.301. The Labute approximate surface area is 142 Å². The molecule has 0 spiro atoms. The number of thiocarbonyl (C=S) groups is 1. The van der Waals surface area contributed by atoms with Gasteiger partial charge >= 0.3 is 0 Å². The van der Waals surface area contributed by atoms with Crippen LogP contribution in [0.4, 0.5) is 0 Å². The number of methoxy groups -OCH3 is 1. The highest BCUT2D eigenvalue weighted by atomic mass is 79.9. The van der Waals surface area contributed by atoms with Gasteiger partial charge in [-0.15, -0.1) is 0 Å². The Hall–Kier alpha value is -1.30. The highest BCUT2D eigenvalue weighted by Crippen LogP contribution is 2.30. The van der Waals surface area contributed by atoms with Crippen LogP contribution in [-0.2, 0) is 6.61 Å². The predicted molar refractivity (Wildman–Crippen MR) is 92.4 cm³/mol. The summed E-state index contributed by atoms with van der Waals surface area (Å²) in [5.41, 5.74) is 7.26. The van der Waals surface area contributed by atoms with Crippen LogP contribution in [0.1, 0.15) is 11.1 Å². The third-order valence-electron chi connectivity index (χ3n) is 2.84. The zero-order valence-electron chi connectivity index (χ0n) is 11.2. The van der Waals surface area contributed by atoms with Crippen molar-refractivity contribution in [3.8, 4) is 11.5 Å². The average Bonchev–Trinajstić information content (AvgIpc) is 2.47. The first-order valence-corrected chi connectivity index (χ1v) is 7.63. The predicted octanol–water partition coefficient (Wildman–Crippen LogP) is 4.32. The molecule has 0 saturated carbocycles. The molecule has 0 amide bonds. The SMILES string of the molecule is COc1ccc(C(N)=S)cc1COc1cc(Br)ccc1Cl. The maximum atomic E-state index is 6.10. The molecule has 0 aliphatic rings. The third-order valence-corrected chi connectivity index (χ3v) is 3.88. The lowest BCUT2D eigenvalue weighted by Crippen LogP contribution is -2.10. The van der Waals surface area contributed by atoms with Crippen molar-refractivity contribution in [2.45, 2.75) is 6.61 Å². The summed E-state index contributed by atoms with van der Waals surface area (Å²) in [5, 5.41) is 0.544. The monoisotopic (exact) mass is 385 g/mol. The fraction of sp³-hybridized carbons (Fsp3) is 0.133. The Morgan fingerprint density at radius 1 is 1.24 bits per heavy atom. The van der Waals surface area contributed by atoms with E-state index in [0.717, 1.165) is 15.6 Å². The van der Waals surface area contributed by atoms with E-state index in [2.05, 4.69) is 15.9 Å². The molecule has 0 fully saturated rings. The van der Waals surface area contributed by atoms with E-state index in [4.69, 9.17) is 39.0 Å². The fourth-order valence-corrected chi connectivity index (χ4v) is 2.43. The highest BCUT2D eigenvalue weighted by Gasteiger charge is 2.09. The first kappa shape index (κ1) is 16.1. The molecule has 0 unspecified atom stereocenters. The van der Waals surface area contributed by atoms with Crippen LogP contribution in [-0.4, -0.2) is 12.1 Å². The Morgan fingerprint density at radius 2 is 2.00 bits per heavy atom. The number of rotatable bonds is 5. The second-order valence-electron chi connectivity index (χ2n) is 4.25. The average molecular weight is 387 g/mol. The van der Waals surface area contributed by atoms with Gasteiger partial charge in [0, 0.05) is 15.6 Å². The summed E-state index contributed by atoms with van der Waals surface area (Å²) in [5.74, 6) is 1.30. The largest absolute Gasteiger partial charge is 0.496 e. The zero-order valence-corrected chi connectivity index (χ0v) is 14.4. The minimum Gasteiger partial charge on any atom is -0.496 e. The lowest BCUT2D eigenvalue weighted by molar-refractivity contribution is 0.296. The van der Waals surface area contributed by atoms with Crippen LogP contribution < -0.4 is 15.2 Å². The van der Waals surface area contributed by atoms with Gasteiger partial charge in [0.15, 0.2) is 0 Å². The summed E-state index contributed by atoms with van der Waals surface area (Å²) in [6.07, 6.45) is 0. The van der Waals surface area contributed by atoms with Gasteiger partial charge in [-0.2, -0.15) is 0 Å². The van der Waals surface area contributed by atoms with Crippen LogP contribution in [0, 0.1) is 0 Å². The van der Waals surface area contributed by atoms with E-state index in [1.54, 1.807) is 13.2 Å². The molecule has 21 heavy (non-hydrogen) atoms. The van der Waals surface area contributed by atoms with E-state index in [1.165, 1.54) is 0 Å². The first-order valence-electron chi connectivity index (χ1n) is 6.06. The first-order chi connectivity index (χ1) is 10.0. The van der Waals surface area contributed by atoms with Crippen LogP contribution in [0.3, 0.4) is 0 Å². The van der Waals surface area contributed by atoms with Gasteiger partial charge in [-0.3, -0.25) is 0 Å². The Balaban J connectivity index is 2.24. The van der Waals surface area contributed by atoms with Crippen LogP contribution in [0.5, 0.6) is 11.5 Å². The second kappa shape index (κ2) is 7.11. The number of ether oxygens (including phenoxy) is 2. The smallest absolute Gasteiger partial charge is 0.139 e. The molecule has 0 bridgehead atoms. The molecule has 3 nitrogen and oxygen atoms in total. The Kier molecular flexibility index (Phi) is 5.45. The van der Waals surface area contributed by atoms with Gasteiger partial charge < -0.3 is 15.2 Å². The van der Waals surface area contributed by atoms with Gasteiger partial charge in [-0.1, -0.05) is 39.7 Å². The van der Waals surface area contributed by atoms with Crippen LogP contribution in [0.15, 0.2) is 40.9 Å². The topological polar surface area (TPSA) is 44.5 Å². The van der Waals surface area contributed by atoms with Gasteiger partial charge in [-0.25, -0.2) is 0 Å². The van der Waals surface area contributed by atoms with E-state index >= 15 is 0 Å². The number of halogens is 2. The summed E-state index contributed by atoms with van der Waals surface area (Å²) < 4.78 is 12.0. The van der Waals surface area contributed by atoms with Crippen molar-refractivity contribution in [2.24, 2.45) is 5.73 Å². The number of hydrogen-bond donors (Lipinski definition) is 1. The second-order valence-corrected chi connectivity index (χ2v) is 6.02. The van der Waals surface area contributed by atoms with Gasteiger partial charge in [0.25, 0.3) is 0 Å². The molecule has 2 aromatic carbocycles. The van der Waals surface area contributed by atoms with Crippen molar-refractivity contribution in [3.63, 3.8) is 0 Å². The minimum absolute atomic E-state index is 0.301. The fourth-order valence-electron chi connectivity index (χ4n) is 1.79. The van der Waals surface area contributed by atoms with Crippen molar-refractivity contribution in [1.29, 1.82) is 0 Å². The molecular formula is C15H13BrClNO2S. The summed E-state index contributed by atoms with van der Waals surface area (Å²) >= 11 is 14.5. The van der Waals surface area contributed by atoms with E-state index < -0.39 is 0 Å². The van der Waals surface area contributed by atoms with Gasteiger partial charge in [0.2, 0.25) is 0 Å². The molecule has 0 aliphatic carbocycles. The van der Waals surface area contributed by atoms with Gasteiger partial charge in [-0.05, 0) is 36.4 Å². The van der Waals surface area contributed by atoms with Crippen molar-refractivity contribution in [3.05, 3.63) is 57.0 Å². The van der Waals surface area contributed by atoms with Crippen LogP contribution >= 0.6 is 39.7 Å². The molecule has 0 saturated heterocycles. The lowest BCUT2D eigenvalue weighted by Gasteiger charge is -2.13. The van der Waals surface area contributed by atoms with Gasteiger partial charge in [0.05, 0.1) is 12.1 Å². The Bertz CT molecular complexity index is 679. The van der Waals surface area contributed by atoms with Crippen molar-refractivity contribution in [2.75, 3.05) is 7.11 Å². The molecule has 2 aromatic rings. The Morgan fingerprint density at radius 3 is 2.67 bits per heavy atom. The molecule has 0 aliphatic heterocycles. The summed E-state index contributed by atoms with van der Waals surface area (Å²) in [6, 6.07) is 10.9. The van der Waals surface area contributed by atoms with Crippen LogP contribution in [0.25, 0.3) is 0 Å². The summed E-state index contributed by atoms with van der Waals surface area (Å²) in [4.78, 5) is 0.333. The van der Waals surface area contributed by atoms with Crippen LogP contribution in [0.2, 0.25) is 5.02 Å². The molecule has 0 aromatic heterocycles. The third kappa shape index (κ3) is 4.09. The quantitative estimate of drug-likeness (QED) is 0.777. The molecule has 2 N–H and O–H groups in total. The maximum absolute atomic E-state index is 6.10. The molecule has 0 heterocycles. The van der Waals surface area contributed by atoms with E-state index in [1.807, 2.05) is 30.3 Å².